The van der Waals surface area contributed by atoms with Gasteiger partial charge in [-0.1, -0.05) is 25.5 Å². The third kappa shape index (κ3) is 4.00. The molecule has 35 heavy (non-hydrogen) atoms. The Kier molecular flexibility index (Phi) is 6.65. The Labute approximate surface area is 203 Å². The zero-order valence-electron chi connectivity index (χ0n) is 20.1. The van der Waals surface area contributed by atoms with Crippen LogP contribution in [0.1, 0.15) is 58.8 Å². The van der Waals surface area contributed by atoms with E-state index < -0.39 is 46.0 Å². The molecule has 2 N–H and O–H groups in total. The minimum absolute atomic E-state index is 0.0265. The number of ketones is 2. The quantitative estimate of drug-likeness (QED) is 0.225. The van der Waals surface area contributed by atoms with Crippen molar-refractivity contribution >= 4 is 17.5 Å². The van der Waals surface area contributed by atoms with Crippen LogP contribution >= 0.6 is 0 Å². The fraction of sp³-hybridized carbons (Fsp3) is 0.720. The van der Waals surface area contributed by atoms with E-state index in [1.807, 2.05) is 13.0 Å². The molecule has 7 atom stereocenters. The summed E-state index contributed by atoms with van der Waals surface area (Å²) in [6.07, 6.45) is 6.74. The molecule has 10 nitrogen and oxygen atoms in total. The summed E-state index contributed by atoms with van der Waals surface area (Å²) >= 11 is 0. The lowest BCUT2D eigenvalue weighted by molar-refractivity contribution is -0.757. The van der Waals surface area contributed by atoms with Gasteiger partial charge in [-0.25, -0.2) is 0 Å². The Balaban J connectivity index is 1.61. The molecule has 3 fully saturated rings. The number of ether oxygens (including phenoxy) is 1. The van der Waals surface area contributed by atoms with E-state index in [4.69, 9.17) is 4.74 Å². The molecule has 4 rings (SSSR count). The average molecular weight is 492 g/mol. The van der Waals surface area contributed by atoms with Crippen LogP contribution in [0.25, 0.3) is 0 Å². The Morgan fingerprint density at radius 1 is 1.29 bits per heavy atom. The smallest absolute Gasteiger partial charge is 0.306 e. The molecule has 0 heterocycles. The monoisotopic (exact) mass is 491 g/mol. The van der Waals surface area contributed by atoms with E-state index in [9.17, 15) is 34.7 Å². The van der Waals surface area contributed by atoms with Gasteiger partial charge in [0.2, 0.25) is 5.78 Å². The molecule has 0 saturated heterocycles. The van der Waals surface area contributed by atoms with E-state index in [-0.39, 0.29) is 55.8 Å². The van der Waals surface area contributed by atoms with Gasteiger partial charge in [-0.05, 0) is 62.5 Å². The molecule has 0 spiro atoms. The van der Waals surface area contributed by atoms with Gasteiger partial charge in [0, 0.05) is 23.2 Å². The number of carbonyl (C=O) groups excluding carboxylic acids is 3. The second-order valence-electron chi connectivity index (χ2n) is 10.8. The van der Waals surface area contributed by atoms with Crippen molar-refractivity contribution in [2.24, 2.45) is 28.6 Å². The molecule has 192 valence electrons. The SMILES string of the molecule is C[C@]12C=CC(=O)C=C1CCC1C3CC[C@](OC(=O)CCCO[N+](=O)[O-])(C(=O)CO)[C@@]3(C)C[C@H](O)[C@@H]12. The Bertz CT molecular complexity index is 989. The maximum absolute atomic E-state index is 13.2. The van der Waals surface area contributed by atoms with Crippen molar-refractivity contribution in [2.45, 2.75) is 70.5 Å². The highest BCUT2D eigenvalue weighted by molar-refractivity contribution is 6.01. The highest BCUT2D eigenvalue weighted by Crippen LogP contribution is 2.67. The van der Waals surface area contributed by atoms with Crippen LogP contribution in [0.15, 0.2) is 23.8 Å². The number of hydrogen-bond acceptors (Lipinski definition) is 9. The second kappa shape index (κ2) is 9.13. The minimum Gasteiger partial charge on any atom is -0.450 e. The maximum atomic E-state index is 13.2. The van der Waals surface area contributed by atoms with E-state index in [1.54, 1.807) is 12.2 Å². The lowest BCUT2D eigenvalue weighted by atomic mass is 9.46. The van der Waals surface area contributed by atoms with Crippen LogP contribution in [0.2, 0.25) is 0 Å². The van der Waals surface area contributed by atoms with Crippen LogP contribution in [0.5, 0.6) is 0 Å². The van der Waals surface area contributed by atoms with Gasteiger partial charge in [-0.2, -0.15) is 0 Å². The summed E-state index contributed by atoms with van der Waals surface area (Å²) in [6.45, 7) is 2.86. The van der Waals surface area contributed by atoms with Crippen molar-refractivity contribution in [3.63, 3.8) is 0 Å². The molecule has 10 heteroatoms. The predicted octanol–water partition coefficient (Wildman–Crippen LogP) is 2.10. The fourth-order valence-corrected chi connectivity index (χ4v) is 7.72. The Morgan fingerprint density at radius 3 is 2.71 bits per heavy atom. The first-order chi connectivity index (χ1) is 16.5. The van der Waals surface area contributed by atoms with Gasteiger partial charge >= 0.3 is 5.97 Å². The first-order valence-corrected chi connectivity index (χ1v) is 12.2. The van der Waals surface area contributed by atoms with Gasteiger partial charge in [0.15, 0.2) is 11.4 Å². The summed E-state index contributed by atoms with van der Waals surface area (Å²) in [4.78, 5) is 52.4. The van der Waals surface area contributed by atoms with Crippen molar-refractivity contribution in [1.29, 1.82) is 0 Å². The predicted molar refractivity (Wildman–Crippen MR) is 121 cm³/mol. The van der Waals surface area contributed by atoms with Crippen LogP contribution < -0.4 is 0 Å². The van der Waals surface area contributed by atoms with Crippen LogP contribution in [0.4, 0.5) is 0 Å². The zero-order chi connectivity index (χ0) is 25.6. The third-order valence-corrected chi connectivity index (χ3v) is 9.22. The van der Waals surface area contributed by atoms with E-state index in [1.165, 1.54) is 0 Å². The molecule has 4 aliphatic carbocycles. The second-order valence-corrected chi connectivity index (χ2v) is 10.8. The molecule has 4 aliphatic rings. The van der Waals surface area contributed by atoms with Crippen LogP contribution in [-0.2, 0) is 24.0 Å². The summed E-state index contributed by atoms with van der Waals surface area (Å²) < 4.78 is 5.85. The molecular formula is C25H33NO9. The van der Waals surface area contributed by atoms with Gasteiger partial charge in [0.05, 0.1) is 12.7 Å². The number of rotatable bonds is 8. The molecular weight excluding hydrogens is 458 g/mol. The largest absolute Gasteiger partial charge is 0.450 e. The molecule has 2 unspecified atom stereocenters. The summed E-state index contributed by atoms with van der Waals surface area (Å²) in [6, 6.07) is 0. The molecule has 0 amide bonds. The highest BCUT2D eigenvalue weighted by atomic mass is 16.9. The van der Waals surface area contributed by atoms with Gasteiger partial charge in [0.25, 0.3) is 5.09 Å². The molecule has 0 aliphatic heterocycles. The average Bonchev–Trinajstić information content (AvgIpc) is 3.08. The molecule has 0 aromatic heterocycles. The van der Waals surface area contributed by atoms with Crippen LogP contribution in [-0.4, -0.2) is 57.8 Å². The number of allylic oxidation sites excluding steroid dienone is 4. The van der Waals surface area contributed by atoms with Crippen LogP contribution in [0.3, 0.4) is 0 Å². The zero-order valence-corrected chi connectivity index (χ0v) is 20.1. The van der Waals surface area contributed by atoms with Gasteiger partial charge < -0.3 is 19.8 Å². The Hall–Kier alpha value is -2.59. The number of fused-ring (bicyclic) bond motifs is 5. The third-order valence-electron chi connectivity index (χ3n) is 9.22. The standard InChI is InChI=1S/C25H33NO9/c1-23-9-7-16(28)12-15(23)5-6-17-18-8-10-25(20(30)14-27,24(18,2)13-19(29)22(17)23)35-21(31)4-3-11-34-26(32)33/h7,9,12,17-19,22,27,29H,3-6,8,10-11,13-14H2,1-2H3/t17?,18?,19-,22+,23-,24-,25-/m0/s1. The van der Waals surface area contributed by atoms with Gasteiger partial charge in [-0.3, -0.25) is 14.4 Å². The van der Waals surface area contributed by atoms with Crippen LogP contribution in [0, 0.1) is 38.7 Å². The lowest BCUT2D eigenvalue weighted by Gasteiger charge is -2.59. The lowest BCUT2D eigenvalue weighted by Crippen LogP contribution is -2.63. The molecule has 0 radical (unpaired) electrons. The molecule has 3 saturated carbocycles. The van der Waals surface area contributed by atoms with E-state index in [0.29, 0.717) is 12.8 Å². The number of carbonyl (C=O) groups is 3. The summed E-state index contributed by atoms with van der Waals surface area (Å²) in [5.41, 5.74) is -1.90. The number of aliphatic hydroxyl groups is 2. The summed E-state index contributed by atoms with van der Waals surface area (Å²) in [5.74, 6) is -1.44. The molecule has 0 aromatic rings. The number of hydrogen-bond donors (Lipinski definition) is 2. The van der Waals surface area contributed by atoms with Crippen molar-refractivity contribution in [2.75, 3.05) is 13.2 Å². The number of Topliss-reactive ketones (excluding diaryl/α,β-unsaturated/α-hetero) is 1. The van der Waals surface area contributed by atoms with E-state index >= 15 is 0 Å². The van der Waals surface area contributed by atoms with Crippen molar-refractivity contribution in [1.82, 2.24) is 0 Å². The van der Waals surface area contributed by atoms with E-state index in [2.05, 4.69) is 11.8 Å². The number of esters is 1. The number of aliphatic hydroxyl groups excluding tert-OH is 2. The van der Waals surface area contributed by atoms with E-state index in [0.717, 1.165) is 12.0 Å². The maximum Gasteiger partial charge on any atom is 0.306 e. The molecule has 0 bridgehead atoms. The summed E-state index contributed by atoms with van der Waals surface area (Å²) in [5, 5.41) is 30.7. The van der Waals surface area contributed by atoms with Crippen molar-refractivity contribution in [3.8, 4) is 0 Å². The molecule has 0 aromatic carbocycles. The topological polar surface area (TPSA) is 153 Å². The summed E-state index contributed by atoms with van der Waals surface area (Å²) in [7, 11) is 0. The first-order valence-electron chi connectivity index (χ1n) is 12.2. The Morgan fingerprint density at radius 2 is 2.03 bits per heavy atom. The normalized spacial score (nSPS) is 39.7. The number of nitrogens with zero attached hydrogens (tertiary/aromatic N) is 1. The van der Waals surface area contributed by atoms with Gasteiger partial charge in [-0.15, -0.1) is 10.1 Å². The van der Waals surface area contributed by atoms with Crippen molar-refractivity contribution in [3.05, 3.63) is 33.9 Å². The first kappa shape index (κ1) is 25.5. The fourth-order valence-electron chi connectivity index (χ4n) is 7.72. The highest BCUT2D eigenvalue weighted by Gasteiger charge is 2.70. The minimum atomic E-state index is -1.57. The van der Waals surface area contributed by atoms with Gasteiger partial charge in [0.1, 0.15) is 6.61 Å². The van der Waals surface area contributed by atoms with Crippen molar-refractivity contribution < 1.29 is 39.3 Å².